The number of hydrogen-bond donors (Lipinski definition) is 2. The number of benzene rings is 3. The van der Waals surface area contributed by atoms with Crippen molar-refractivity contribution in [1.82, 2.24) is 5.32 Å². The Morgan fingerprint density at radius 3 is 2.19 bits per heavy atom. The lowest BCUT2D eigenvalue weighted by atomic mass is 10.1. The third kappa shape index (κ3) is 5.71. The van der Waals surface area contributed by atoms with Crippen LogP contribution in [0.5, 0.6) is 11.5 Å². The standard InChI is InChI=1S/C22H16BrCl3N2O3/c1-11-7-13(31-19-10-17(25)15(23)9-18(19)26)8-12(2)20(11)27-22(30)28-21(29)14-5-3-4-6-16(14)24/h3-10H,1-2H3,(H2,27,28,29,30). The summed E-state index contributed by atoms with van der Waals surface area (Å²) < 4.78 is 6.53. The molecular formula is C22H16BrCl3N2O3. The van der Waals surface area contributed by atoms with Crippen molar-refractivity contribution in [3.05, 3.63) is 84.8 Å². The first-order valence-electron chi connectivity index (χ1n) is 8.96. The second-order valence-electron chi connectivity index (χ2n) is 6.62. The molecule has 0 saturated heterocycles. The topological polar surface area (TPSA) is 67.4 Å². The van der Waals surface area contributed by atoms with E-state index >= 15 is 0 Å². The molecular weight excluding hydrogens is 527 g/mol. The molecule has 3 amide bonds. The third-order valence-corrected chi connectivity index (χ3v) is 6.11. The summed E-state index contributed by atoms with van der Waals surface area (Å²) in [7, 11) is 0. The van der Waals surface area contributed by atoms with Crippen molar-refractivity contribution in [3.8, 4) is 11.5 Å². The van der Waals surface area contributed by atoms with Crippen LogP contribution in [0.3, 0.4) is 0 Å². The quantitative estimate of drug-likeness (QED) is 0.331. The second kappa shape index (κ2) is 9.92. The van der Waals surface area contributed by atoms with E-state index in [4.69, 9.17) is 39.5 Å². The van der Waals surface area contributed by atoms with Crippen molar-refractivity contribution in [1.29, 1.82) is 0 Å². The van der Waals surface area contributed by atoms with Crippen LogP contribution in [0.1, 0.15) is 21.5 Å². The molecule has 3 aromatic rings. The lowest BCUT2D eigenvalue weighted by molar-refractivity contribution is 0.0967. The lowest BCUT2D eigenvalue weighted by Gasteiger charge is -2.15. The third-order valence-electron chi connectivity index (χ3n) is 4.29. The summed E-state index contributed by atoms with van der Waals surface area (Å²) in [5.74, 6) is 0.325. The van der Waals surface area contributed by atoms with Gasteiger partial charge in [-0.25, -0.2) is 4.79 Å². The first-order valence-corrected chi connectivity index (χ1v) is 10.9. The van der Waals surface area contributed by atoms with Gasteiger partial charge in [-0.05, 0) is 71.2 Å². The molecule has 0 aromatic heterocycles. The number of aryl methyl sites for hydroxylation is 2. The van der Waals surface area contributed by atoms with Gasteiger partial charge in [0.2, 0.25) is 0 Å². The van der Waals surface area contributed by atoms with E-state index in [1.165, 1.54) is 6.07 Å². The number of imide groups is 1. The number of hydrogen-bond acceptors (Lipinski definition) is 3. The van der Waals surface area contributed by atoms with Crippen molar-refractivity contribution < 1.29 is 14.3 Å². The average Bonchev–Trinajstić information content (AvgIpc) is 2.69. The molecule has 2 N–H and O–H groups in total. The molecule has 0 heterocycles. The van der Waals surface area contributed by atoms with Crippen molar-refractivity contribution in [3.63, 3.8) is 0 Å². The zero-order chi connectivity index (χ0) is 22.7. The molecule has 0 spiro atoms. The smallest absolute Gasteiger partial charge is 0.326 e. The molecule has 0 atom stereocenters. The van der Waals surface area contributed by atoms with Gasteiger partial charge in [-0.1, -0.05) is 46.9 Å². The van der Waals surface area contributed by atoms with Crippen LogP contribution in [0.4, 0.5) is 10.5 Å². The van der Waals surface area contributed by atoms with Crippen LogP contribution in [-0.2, 0) is 0 Å². The Morgan fingerprint density at radius 1 is 0.903 bits per heavy atom. The molecule has 0 unspecified atom stereocenters. The number of nitrogens with one attached hydrogen (secondary N) is 2. The maximum absolute atomic E-state index is 12.3. The average molecular weight is 543 g/mol. The van der Waals surface area contributed by atoms with Gasteiger partial charge in [0.1, 0.15) is 11.5 Å². The van der Waals surface area contributed by atoms with Crippen LogP contribution in [0.25, 0.3) is 0 Å². The number of urea groups is 1. The number of amides is 3. The molecule has 0 bridgehead atoms. The van der Waals surface area contributed by atoms with Crippen LogP contribution in [0.2, 0.25) is 15.1 Å². The summed E-state index contributed by atoms with van der Waals surface area (Å²) in [6, 6.07) is 12.5. The zero-order valence-corrected chi connectivity index (χ0v) is 20.2. The Kier molecular flexibility index (Phi) is 7.49. The predicted molar refractivity (Wildman–Crippen MR) is 128 cm³/mol. The maximum atomic E-state index is 12.3. The lowest BCUT2D eigenvalue weighted by Crippen LogP contribution is -2.34. The Labute approximate surface area is 202 Å². The van der Waals surface area contributed by atoms with Crippen LogP contribution >= 0.6 is 50.7 Å². The summed E-state index contributed by atoms with van der Waals surface area (Å²) >= 11 is 21.6. The van der Waals surface area contributed by atoms with E-state index in [2.05, 4.69) is 26.6 Å². The van der Waals surface area contributed by atoms with Crippen molar-refractivity contribution >= 4 is 68.4 Å². The minimum absolute atomic E-state index is 0.210. The van der Waals surface area contributed by atoms with E-state index in [-0.39, 0.29) is 10.6 Å². The second-order valence-corrected chi connectivity index (χ2v) is 8.69. The number of ether oxygens (including phenoxy) is 1. The van der Waals surface area contributed by atoms with E-state index in [1.54, 1.807) is 42.5 Å². The van der Waals surface area contributed by atoms with E-state index in [0.29, 0.717) is 31.7 Å². The van der Waals surface area contributed by atoms with Crippen molar-refractivity contribution in [2.75, 3.05) is 5.32 Å². The minimum atomic E-state index is -0.674. The molecule has 0 fully saturated rings. The molecule has 0 aliphatic rings. The summed E-state index contributed by atoms with van der Waals surface area (Å²) in [6.07, 6.45) is 0. The summed E-state index contributed by atoms with van der Waals surface area (Å²) in [5, 5.41) is 6.08. The minimum Gasteiger partial charge on any atom is -0.456 e. The van der Waals surface area contributed by atoms with Crippen LogP contribution in [0, 0.1) is 13.8 Å². The van der Waals surface area contributed by atoms with Crippen LogP contribution in [-0.4, -0.2) is 11.9 Å². The maximum Gasteiger partial charge on any atom is 0.326 e. The molecule has 5 nitrogen and oxygen atoms in total. The molecule has 3 rings (SSSR count). The van der Waals surface area contributed by atoms with E-state index in [9.17, 15) is 9.59 Å². The molecule has 0 aliphatic carbocycles. The fourth-order valence-corrected chi connectivity index (χ4v) is 3.90. The van der Waals surface area contributed by atoms with Gasteiger partial charge in [-0.15, -0.1) is 0 Å². The van der Waals surface area contributed by atoms with Gasteiger partial charge in [0.05, 0.1) is 20.6 Å². The highest BCUT2D eigenvalue weighted by atomic mass is 79.9. The van der Waals surface area contributed by atoms with Crippen molar-refractivity contribution in [2.45, 2.75) is 13.8 Å². The largest absolute Gasteiger partial charge is 0.456 e. The SMILES string of the molecule is Cc1cc(Oc2cc(Cl)c(Br)cc2Cl)cc(C)c1NC(=O)NC(=O)c1ccccc1Cl. The highest BCUT2D eigenvalue weighted by Crippen LogP contribution is 2.37. The molecule has 9 heteroatoms. The molecule has 31 heavy (non-hydrogen) atoms. The van der Waals surface area contributed by atoms with E-state index in [1.807, 2.05) is 13.8 Å². The number of carbonyl (C=O) groups is 2. The monoisotopic (exact) mass is 540 g/mol. The fourth-order valence-electron chi connectivity index (χ4n) is 2.85. The van der Waals surface area contributed by atoms with Gasteiger partial charge in [-0.2, -0.15) is 0 Å². The first kappa shape index (κ1) is 23.4. The highest BCUT2D eigenvalue weighted by molar-refractivity contribution is 9.10. The first-order chi connectivity index (χ1) is 14.7. The van der Waals surface area contributed by atoms with Gasteiger partial charge < -0.3 is 10.1 Å². The van der Waals surface area contributed by atoms with E-state index < -0.39 is 11.9 Å². The van der Waals surface area contributed by atoms with Gasteiger partial charge in [0.25, 0.3) is 5.91 Å². The fraction of sp³-hybridized carbons (Fsp3) is 0.0909. The molecule has 160 valence electrons. The predicted octanol–water partition coefficient (Wildman–Crippen LogP) is 7.78. The molecule has 0 aliphatic heterocycles. The van der Waals surface area contributed by atoms with Gasteiger partial charge >= 0.3 is 6.03 Å². The zero-order valence-electron chi connectivity index (χ0n) is 16.4. The number of carbonyl (C=O) groups excluding carboxylic acids is 2. The number of rotatable bonds is 4. The van der Waals surface area contributed by atoms with Crippen LogP contribution < -0.4 is 15.4 Å². The Bertz CT molecular complexity index is 1160. The Morgan fingerprint density at radius 2 is 1.55 bits per heavy atom. The number of halogens is 4. The Hall–Kier alpha value is -2.25. The van der Waals surface area contributed by atoms with Gasteiger partial charge in [0, 0.05) is 16.2 Å². The van der Waals surface area contributed by atoms with Gasteiger partial charge in [-0.3, -0.25) is 10.1 Å². The molecule has 3 aromatic carbocycles. The van der Waals surface area contributed by atoms with Crippen molar-refractivity contribution in [2.24, 2.45) is 0 Å². The van der Waals surface area contributed by atoms with Gasteiger partial charge in [0.15, 0.2) is 0 Å². The van der Waals surface area contributed by atoms with E-state index in [0.717, 1.165) is 11.1 Å². The highest BCUT2D eigenvalue weighted by Gasteiger charge is 2.16. The summed E-state index contributed by atoms with van der Waals surface area (Å²) in [5.41, 5.74) is 2.22. The normalized spacial score (nSPS) is 10.5. The molecule has 0 saturated carbocycles. The number of anilines is 1. The molecule has 0 radical (unpaired) electrons. The summed E-state index contributed by atoms with van der Waals surface area (Å²) in [6.45, 7) is 3.61. The summed E-state index contributed by atoms with van der Waals surface area (Å²) in [4.78, 5) is 24.6. The van der Waals surface area contributed by atoms with Crippen LogP contribution in [0.15, 0.2) is 53.0 Å². The Balaban J connectivity index is 1.75.